The molecule has 35 heavy (non-hydrogen) atoms. The normalized spacial score (nSPS) is 43.1. The van der Waals surface area contributed by atoms with E-state index in [2.05, 4.69) is 0 Å². The van der Waals surface area contributed by atoms with Crippen LogP contribution in [0.5, 0.6) is 0 Å². The molecule has 0 radical (unpaired) electrons. The fourth-order valence-corrected chi connectivity index (χ4v) is 4.77. The number of esters is 1. The molecule has 0 aromatic heterocycles. The maximum absolute atomic E-state index is 12.1. The molecule has 2 heterocycles. The van der Waals surface area contributed by atoms with Gasteiger partial charge in [-0.05, 0) is 24.6 Å². The summed E-state index contributed by atoms with van der Waals surface area (Å²) < 4.78 is 21.7. The lowest BCUT2D eigenvalue weighted by Crippen LogP contribution is -2.62. The molecule has 1 saturated carbocycles. The first-order valence-corrected chi connectivity index (χ1v) is 11.2. The van der Waals surface area contributed by atoms with Crippen molar-refractivity contribution in [3.8, 4) is 0 Å². The first-order valence-electron chi connectivity index (χ1n) is 11.2. The second kappa shape index (κ2) is 9.96. The Balaban J connectivity index is 1.41. The van der Waals surface area contributed by atoms with E-state index < -0.39 is 72.8 Å². The number of carbonyl (C=O) groups is 1. The summed E-state index contributed by atoms with van der Waals surface area (Å²) in [6.07, 6.45) is -5.67. The average Bonchev–Trinajstić information content (AvgIpc) is 3.01. The van der Waals surface area contributed by atoms with E-state index >= 15 is 0 Å². The number of fused-ring (bicyclic) bond motifs is 1. The van der Waals surface area contributed by atoms with Gasteiger partial charge in [0.05, 0.1) is 23.9 Å². The summed E-state index contributed by atoms with van der Waals surface area (Å²) in [5.74, 6) is -1.88. The highest BCUT2D eigenvalue weighted by Gasteiger charge is 2.64. The van der Waals surface area contributed by atoms with Gasteiger partial charge < -0.3 is 49.6 Å². The molecule has 0 spiro atoms. The summed E-state index contributed by atoms with van der Waals surface area (Å²) in [6.45, 7) is 0.942. The zero-order valence-electron chi connectivity index (χ0n) is 19.0. The van der Waals surface area contributed by atoms with Crippen molar-refractivity contribution in [1.82, 2.24) is 0 Å². The molecule has 2 fully saturated rings. The molecule has 10 atom stereocenters. The number of rotatable bonds is 6. The SMILES string of the molecule is C[C@]1(O)C[C@H](O)[C@]2(O)C=CO[C@@H](O[C@@H]3O[C@H](COC(=O)/C=C/c4ccccc4)[C@@H](O)[C@H](O)[C@H]3O)[C@@H]21. The fourth-order valence-electron chi connectivity index (χ4n) is 4.77. The summed E-state index contributed by atoms with van der Waals surface area (Å²) in [7, 11) is 0. The summed E-state index contributed by atoms with van der Waals surface area (Å²) in [5.41, 5.74) is -2.68. The standard InChI is InChI=1S/C24H30O11/c1-23(30)11-15(25)24(31)9-10-32-22(20(23)24)35-21-19(29)18(28)17(27)14(34-21)12-33-16(26)8-7-13-5-3-2-4-6-13/h2-10,14-15,17-22,25,27-31H,11-12H2,1H3/b8-7+/t14-,15+,17-,18+,19-,20-,21+,22+,23+,24-/m1/s1. The number of aliphatic hydroxyl groups excluding tert-OH is 4. The van der Waals surface area contributed by atoms with Crippen LogP contribution in [0.15, 0.2) is 48.7 Å². The molecule has 4 rings (SSSR count). The van der Waals surface area contributed by atoms with Crippen molar-refractivity contribution in [3.05, 3.63) is 54.3 Å². The fraction of sp³-hybridized carbons (Fsp3) is 0.542. The van der Waals surface area contributed by atoms with Crippen LogP contribution in [-0.2, 0) is 23.7 Å². The van der Waals surface area contributed by atoms with Crippen molar-refractivity contribution in [1.29, 1.82) is 0 Å². The van der Waals surface area contributed by atoms with E-state index in [0.29, 0.717) is 0 Å². The summed E-state index contributed by atoms with van der Waals surface area (Å²) in [4.78, 5) is 12.1. The van der Waals surface area contributed by atoms with Crippen molar-refractivity contribution in [2.24, 2.45) is 5.92 Å². The Morgan fingerprint density at radius 2 is 1.80 bits per heavy atom. The summed E-state index contributed by atoms with van der Waals surface area (Å²) >= 11 is 0. The van der Waals surface area contributed by atoms with Crippen LogP contribution >= 0.6 is 0 Å². The molecule has 2 aliphatic heterocycles. The van der Waals surface area contributed by atoms with Crippen LogP contribution in [0.2, 0.25) is 0 Å². The van der Waals surface area contributed by atoms with Crippen LogP contribution in [0.4, 0.5) is 0 Å². The highest BCUT2D eigenvalue weighted by molar-refractivity contribution is 5.87. The molecule has 1 aromatic rings. The molecule has 11 nitrogen and oxygen atoms in total. The van der Waals surface area contributed by atoms with E-state index in [1.807, 2.05) is 18.2 Å². The van der Waals surface area contributed by atoms with Gasteiger partial charge in [-0.1, -0.05) is 30.3 Å². The Morgan fingerprint density at radius 1 is 1.09 bits per heavy atom. The first-order chi connectivity index (χ1) is 16.5. The van der Waals surface area contributed by atoms with Crippen LogP contribution in [0.3, 0.4) is 0 Å². The lowest BCUT2D eigenvalue weighted by molar-refractivity contribution is -0.351. The number of hydrogen-bond acceptors (Lipinski definition) is 11. The third-order valence-electron chi connectivity index (χ3n) is 6.67. The molecule has 192 valence electrons. The van der Waals surface area contributed by atoms with Gasteiger partial charge in [0.15, 0.2) is 6.29 Å². The largest absolute Gasteiger partial charge is 0.472 e. The molecule has 1 aromatic carbocycles. The summed E-state index contributed by atoms with van der Waals surface area (Å²) in [5, 5.41) is 62.9. The predicted molar refractivity (Wildman–Crippen MR) is 118 cm³/mol. The first kappa shape index (κ1) is 25.7. The molecule has 0 unspecified atom stereocenters. The van der Waals surface area contributed by atoms with Gasteiger partial charge in [0.25, 0.3) is 0 Å². The predicted octanol–water partition coefficient (Wildman–Crippen LogP) is -1.20. The number of ether oxygens (including phenoxy) is 4. The van der Waals surface area contributed by atoms with Gasteiger partial charge in [-0.3, -0.25) is 0 Å². The monoisotopic (exact) mass is 494 g/mol. The van der Waals surface area contributed by atoms with Crippen molar-refractivity contribution in [3.63, 3.8) is 0 Å². The van der Waals surface area contributed by atoms with Gasteiger partial charge in [0.2, 0.25) is 6.29 Å². The number of carbonyl (C=O) groups excluding carboxylic acids is 1. The Bertz CT molecular complexity index is 948. The van der Waals surface area contributed by atoms with Crippen LogP contribution < -0.4 is 0 Å². The second-order valence-corrected chi connectivity index (χ2v) is 9.27. The Kier molecular flexibility index (Phi) is 7.32. The van der Waals surface area contributed by atoms with E-state index in [0.717, 1.165) is 11.8 Å². The van der Waals surface area contributed by atoms with Gasteiger partial charge in [0, 0.05) is 12.5 Å². The molecular formula is C24H30O11. The molecule has 11 heteroatoms. The van der Waals surface area contributed by atoms with Crippen molar-refractivity contribution >= 4 is 12.0 Å². The minimum Gasteiger partial charge on any atom is -0.472 e. The third-order valence-corrected chi connectivity index (χ3v) is 6.67. The Labute approximate surface area is 201 Å². The van der Waals surface area contributed by atoms with Gasteiger partial charge in [-0.2, -0.15) is 0 Å². The molecule has 1 aliphatic carbocycles. The quantitative estimate of drug-likeness (QED) is 0.207. The van der Waals surface area contributed by atoms with E-state index in [1.54, 1.807) is 18.2 Å². The van der Waals surface area contributed by atoms with E-state index in [4.69, 9.17) is 18.9 Å². The molecule has 6 N–H and O–H groups in total. The van der Waals surface area contributed by atoms with Gasteiger partial charge in [-0.15, -0.1) is 0 Å². The minimum absolute atomic E-state index is 0.160. The van der Waals surface area contributed by atoms with Crippen LogP contribution in [0, 0.1) is 5.92 Å². The second-order valence-electron chi connectivity index (χ2n) is 9.27. The molecule has 0 amide bonds. The highest BCUT2D eigenvalue weighted by Crippen LogP contribution is 2.49. The smallest absolute Gasteiger partial charge is 0.330 e. The topological polar surface area (TPSA) is 175 Å². The van der Waals surface area contributed by atoms with Crippen LogP contribution in [0.25, 0.3) is 6.08 Å². The van der Waals surface area contributed by atoms with Crippen molar-refractivity contribution in [2.45, 2.75) is 67.6 Å². The molecule has 1 saturated heterocycles. The molecule has 3 aliphatic rings. The Morgan fingerprint density at radius 3 is 2.51 bits per heavy atom. The van der Waals surface area contributed by atoms with E-state index in [9.17, 15) is 35.4 Å². The number of benzene rings is 1. The van der Waals surface area contributed by atoms with Crippen molar-refractivity contribution in [2.75, 3.05) is 6.61 Å². The highest BCUT2D eigenvalue weighted by atomic mass is 16.8. The third kappa shape index (κ3) is 5.13. The molecule has 0 bridgehead atoms. The van der Waals surface area contributed by atoms with E-state index in [1.165, 1.54) is 19.1 Å². The van der Waals surface area contributed by atoms with Gasteiger partial charge >= 0.3 is 5.97 Å². The Hall–Kier alpha value is -2.35. The van der Waals surface area contributed by atoms with Crippen LogP contribution in [0.1, 0.15) is 18.9 Å². The number of hydrogen-bond donors (Lipinski definition) is 6. The zero-order chi connectivity index (χ0) is 25.4. The minimum atomic E-state index is -1.86. The zero-order valence-corrected chi connectivity index (χ0v) is 19.0. The van der Waals surface area contributed by atoms with Crippen molar-refractivity contribution < 1.29 is 54.4 Å². The van der Waals surface area contributed by atoms with Crippen LogP contribution in [-0.4, -0.2) is 97.5 Å². The van der Waals surface area contributed by atoms with Gasteiger partial charge in [0.1, 0.15) is 36.6 Å². The van der Waals surface area contributed by atoms with E-state index in [-0.39, 0.29) is 6.42 Å². The maximum atomic E-state index is 12.1. The summed E-state index contributed by atoms with van der Waals surface area (Å²) in [6, 6.07) is 9.04. The lowest BCUT2D eigenvalue weighted by Gasteiger charge is -2.45. The lowest BCUT2D eigenvalue weighted by atomic mass is 9.81. The number of aliphatic hydroxyl groups is 6. The average molecular weight is 494 g/mol. The maximum Gasteiger partial charge on any atom is 0.330 e. The van der Waals surface area contributed by atoms with Gasteiger partial charge in [-0.25, -0.2) is 4.79 Å². The molecular weight excluding hydrogens is 464 g/mol.